The smallest absolute Gasteiger partial charge is 0.277 e. The minimum atomic E-state index is -1.06. The number of aromatic nitrogens is 2. The largest absolute Gasteiger partial charge is 0.471 e. The van der Waals surface area contributed by atoms with Gasteiger partial charge in [-0.25, -0.2) is 0 Å². The van der Waals surface area contributed by atoms with Gasteiger partial charge in [0.1, 0.15) is 5.75 Å². The molecule has 0 saturated carbocycles. The van der Waals surface area contributed by atoms with E-state index in [1.807, 2.05) is 6.07 Å². The van der Waals surface area contributed by atoms with E-state index in [4.69, 9.17) is 15.0 Å². The molecule has 0 saturated heterocycles. The number of rotatable bonds is 4. The standard InChI is InChI=1S/C10H9N3O3/c11-9(14)8(10-12-6-13-16-10)15-7-4-2-1-3-5-7/h1-6,8H,(H2,11,14). The van der Waals surface area contributed by atoms with Crippen LogP contribution in [0.2, 0.25) is 0 Å². The molecule has 0 aliphatic carbocycles. The van der Waals surface area contributed by atoms with Crippen LogP contribution in [0.15, 0.2) is 41.2 Å². The third-order valence-electron chi connectivity index (χ3n) is 1.86. The molecule has 0 bridgehead atoms. The van der Waals surface area contributed by atoms with E-state index in [0.717, 1.165) is 0 Å². The molecule has 1 heterocycles. The molecule has 1 unspecified atom stereocenters. The van der Waals surface area contributed by atoms with Gasteiger partial charge >= 0.3 is 0 Å². The van der Waals surface area contributed by atoms with Crippen molar-refractivity contribution >= 4 is 5.91 Å². The molecule has 16 heavy (non-hydrogen) atoms. The molecule has 2 rings (SSSR count). The molecule has 1 aromatic carbocycles. The minimum Gasteiger partial charge on any atom is -0.471 e. The predicted molar refractivity (Wildman–Crippen MR) is 53.3 cm³/mol. The molecule has 6 heteroatoms. The van der Waals surface area contributed by atoms with Gasteiger partial charge in [-0.3, -0.25) is 4.79 Å². The fourth-order valence-electron chi connectivity index (χ4n) is 1.16. The molecule has 0 radical (unpaired) electrons. The van der Waals surface area contributed by atoms with Crippen molar-refractivity contribution < 1.29 is 14.1 Å². The van der Waals surface area contributed by atoms with Crippen LogP contribution >= 0.6 is 0 Å². The molecule has 2 N–H and O–H groups in total. The Morgan fingerprint density at radius 3 is 2.69 bits per heavy atom. The molecule has 1 atom stereocenters. The first-order valence-corrected chi connectivity index (χ1v) is 4.55. The average Bonchev–Trinajstić information content (AvgIpc) is 2.80. The van der Waals surface area contributed by atoms with Gasteiger partial charge in [-0.2, -0.15) is 4.98 Å². The maximum Gasteiger partial charge on any atom is 0.277 e. The van der Waals surface area contributed by atoms with Crippen LogP contribution < -0.4 is 10.5 Å². The SMILES string of the molecule is NC(=O)C(Oc1ccccc1)c1ncno1. The Morgan fingerprint density at radius 1 is 1.38 bits per heavy atom. The number of benzene rings is 1. The number of carbonyl (C=O) groups is 1. The van der Waals surface area contributed by atoms with E-state index < -0.39 is 12.0 Å². The van der Waals surface area contributed by atoms with Crippen LogP contribution in [-0.4, -0.2) is 16.0 Å². The summed E-state index contributed by atoms with van der Waals surface area (Å²) in [5, 5.41) is 3.39. The second-order valence-electron chi connectivity index (χ2n) is 2.99. The fraction of sp³-hybridized carbons (Fsp3) is 0.100. The van der Waals surface area contributed by atoms with Crippen LogP contribution in [0.3, 0.4) is 0 Å². The van der Waals surface area contributed by atoms with Gasteiger partial charge in [0, 0.05) is 0 Å². The van der Waals surface area contributed by atoms with E-state index in [-0.39, 0.29) is 5.89 Å². The lowest BCUT2D eigenvalue weighted by Crippen LogP contribution is -2.26. The van der Waals surface area contributed by atoms with Crippen molar-refractivity contribution in [2.45, 2.75) is 6.10 Å². The third-order valence-corrected chi connectivity index (χ3v) is 1.86. The summed E-state index contributed by atoms with van der Waals surface area (Å²) in [7, 11) is 0. The summed E-state index contributed by atoms with van der Waals surface area (Å²) in [4.78, 5) is 14.9. The summed E-state index contributed by atoms with van der Waals surface area (Å²) in [5.74, 6) is -0.144. The molecule has 82 valence electrons. The summed E-state index contributed by atoms with van der Waals surface area (Å²) in [6.45, 7) is 0. The molecule has 1 aromatic heterocycles. The maximum atomic E-state index is 11.2. The van der Waals surface area contributed by atoms with Crippen molar-refractivity contribution in [3.63, 3.8) is 0 Å². The number of nitrogens with two attached hydrogens (primary N) is 1. The molecule has 2 aromatic rings. The van der Waals surface area contributed by atoms with E-state index in [0.29, 0.717) is 5.75 Å². The van der Waals surface area contributed by atoms with E-state index in [2.05, 4.69) is 10.1 Å². The molecule has 0 aliphatic rings. The lowest BCUT2D eigenvalue weighted by molar-refractivity contribution is -0.126. The number of hydrogen-bond donors (Lipinski definition) is 1. The molecule has 6 nitrogen and oxygen atoms in total. The Hall–Kier alpha value is -2.37. The van der Waals surface area contributed by atoms with Crippen molar-refractivity contribution in [2.24, 2.45) is 5.73 Å². The zero-order valence-corrected chi connectivity index (χ0v) is 8.24. The lowest BCUT2D eigenvalue weighted by Gasteiger charge is -2.11. The normalized spacial score (nSPS) is 12.0. The van der Waals surface area contributed by atoms with Gasteiger partial charge in [-0.15, -0.1) is 0 Å². The summed E-state index contributed by atoms with van der Waals surface area (Å²) >= 11 is 0. The first kappa shape index (κ1) is 10.2. The highest BCUT2D eigenvalue weighted by atomic mass is 16.5. The number of para-hydroxylation sites is 1. The quantitative estimate of drug-likeness (QED) is 0.816. The predicted octanol–water partition coefficient (Wildman–Crippen LogP) is 0.675. The second-order valence-corrected chi connectivity index (χ2v) is 2.99. The number of ether oxygens (including phenoxy) is 1. The van der Waals surface area contributed by atoms with E-state index in [9.17, 15) is 4.79 Å². The lowest BCUT2D eigenvalue weighted by atomic mass is 10.3. The summed E-state index contributed by atoms with van der Waals surface area (Å²) in [6.07, 6.45) is 0.115. The highest BCUT2D eigenvalue weighted by Crippen LogP contribution is 2.19. The number of carbonyl (C=O) groups excluding carboxylic acids is 1. The van der Waals surface area contributed by atoms with Crippen LogP contribution in [0.4, 0.5) is 0 Å². The first-order chi connectivity index (χ1) is 7.77. The Labute approximate surface area is 91.0 Å². The minimum absolute atomic E-state index is 0.0383. The van der Waals surface area contributed by atoms with E-state index >= 15 is 0 Å². The number of primary amides is 1. The Balaban J connectivity index is 2.19. The molecule has 1 amide bonds. The molecule has 0 fully saturated rings. The van der Waals surface area contributed by atoms with Gasteiger partial charge in [0.15, 0.2) is 6.33 Å². The van der Waals surface area contributed by atoms with Crippen molar-refractivity contribution in [1.82, 2.24) is 10.1 Å². The fourth-order valence-corrected chi connectivity index (χ4v) is 1.16. The summed E-state index contributed by atoms with van der Waals surface area (Å²) in [6, 6.07) is 8.79. The number of hydrogen-bond acceptors (Lipinski definition) is 5. The van der Waals surface area contributed by atoms with Gasteiger partial charge in [-0.05, 0) is 12.1 Å². The van der Waals surface area contributed by atoms with Crippen LogP contribution in [0.1, 0.15) is 12.0 Å². The van der Waals surface area contributed by atoms with Crippen molar-refractivity contribution in [3.05, 3.63) is 42.5 Å². The maximum absolute atomic E-state index is 11.2. The highest BCUT2D eigenvalue weighted by Gasteiger charge is 2.25. The second kappa shape index (κ2) is 4.43. The zero-order valence-electron chi connectivity index (χ0n) is 8.24. The molecular formula is C10H9N3O3. The van der Waals surface area contributed by atoms with Crippen molar-refractivity contribution in [2.75, 3.05) is 0 Å². The molecule has 0 aliphatic heterocycles. The van der Waals surface area contributed by atoms with E-state index in [1.54, 1.807) is 24.3 Å². The average molecular weight is 219 g/mol. The van der Waals surface area contributed by atoms with Gasteiger partial charge in [-0.1, -0.05) is 23.4 Å². The van der Waals surface area contributed by atoms with Gasteiger partial charge in [0.25, 0.3) is 17.9 Å². The van der Waals surface area contributed by atoms with Gasteiger partial charge in [0.05, 0.1) is 0 Å². The van der Waals surface area contributed by atoms with Crippen LogP contribution in [0.25, 0.3) is 0 Å². The zero-order chi connectivity index (χ0) is 11.4. The Kier molecular flexibility index (Phi) is 2.81. The molecule has 0 spiro atoms. The van der Waals surface area contributed by atoms with Crippen molar-refractivity contribution in [1.29, 1.82) is 0 Å². The molecular weight excluding hydrogens is 210 g/mol. The Morgan fingerprint density at radius 2 is 2.12 bits per heavy atom. The topological polar surface area (TPSA) is 91.2 Å². The van der Waals surface area contributed by atoms with Crippen molar-refractivity contribution in [3.8, 4) is 5.75 Å². The summed E-state index contributed by atoms with van der Waals surface area (Å²) < 4.78 is 10.1. The van der Waals surface area contributed by atoms with Crippen LogP contribution in [0, 0.1) is 0 Å². The van der Waals surface area contributed by atoms with Crippen LogP contribution in [0.5, 0.6) is 5.75 Å². The third kappa shape index (κ3) is 2.17. The summed E-state index contributed by atoms with van der Waals surface area (Å²) in [5.41, 5.74) is 5.18. The van der Waals surface area contributed by atoms with Gasteiger partial charge < -0.3 is 15.0 Å². The monoisotopic (exact) mass is 219 g/mol. The Bertz CT molecular complexity index is 455. The first-order valence-electron chi connectivity index (χ1n) is 4.55. The van der Waals surface area contributed by atoms with E-state index in [1.165, 1.54) is 6.33 Å². The highest BCUT2D eigenvalue weighted by molar-refractivity contribution is 5.79. The van der Waals surface area contributed by atoms with Gasteiger partial charge in [0.2, 0.25) is 0 Å². The number of amides is 1. The van der Waals surface area contributed by atoms with Crippen LogP contribution in [-0.2, 0) is 4.79 Å². The number of nitrogens with zero attached hydrogens (tertiary/aromatic N) is 2.